The quantitative estimate of drug-likeness (QED) is 0.264. The van der Waals surface area contributed by atoms with Gasteiger partial charge in [0, 0.05) is 38.1 Å². The summed E-state index contributed by atoms with van der Waals surface area (Å²) in [5, 5.41) is 13.4. The molecule has 11 nitrogen and oxygen atoms in total. The Morgan fingerprint density at radius 1 is 1.20 bits per heavy atom. The molecule has 2 fully saturated rings. The molecule has 210 valence electrons. The number of aromatic nitrogens is 3. The van der Waals surface area contributed by atoms with Gasteiger partial charge in [-0.2, -0.15) is 0 Å². The molecule has 0 aliphatic carbocycles. The number of nitrogens with zero attached hydrogens (tertiary/aromatic N) is 6. The van der Waals surface area contributed by atoms with Crippen LogP contribution in [0.1, 0.15) is 36.6 Å². The molecular weight excluding hydrogens is 536 g/mol. The van der Waals surface area contributed by atoms with Gasteiger partial charge in [-0.3, -0.25) is 9.78 Å². The minimum absolute atomic E-state index is 0.158. The molecule has 0 bridgehead atoms. The van der Waals surface area contributed by atoms with Gasteiger partial charge in [-0.1, -0.05) is 18.2 Å². The van der Waals surface area contributed by atoms with Gasteiger partial charge in [0.15, 0.2) is 5.75 Å². The third kappa shape index (κ3) is 5.80. The van der Waals surface area contributed by atoms with Crippen molar-refractivity contribution < 1.29 is 24.2 Å². The summed E-state index contributed by atoms with van der Waals surface area (Å²) >= 11 is 6.89. The van der Waals surface area contributed by atoms with Crippen molar-refractivity contribution in [3.8, 4) is 5.75 Å². The van der Waals surface area contributed by atoms with Crippen molar-refractivity contribution in [2.75, 3.05) is 39.4 Å². The number of ether oxygens (including phenoxy) is 2. The Kier molecular flexibility index (Phi) is 8.32. The second kappa shape index (κ2) is 12.1. The highest BCUT2D eigenvalue weighted by molar-refractivity contribution is 6.36. The van der Waals surface area contributed by atoms with E-state index in [1.807, 2.05) is 0 Å². The van der Waals surface area contributed by atoms with Crippen molar-refractivity contribution >= 4 is 46.5 Å². The maximum absolute atomic E-state index is 13.2. The number of hydrogen-bond acceptors (Lipinski definition) is 8. The minimum atomic E-state index is -0.527. The summed E-state index contributed by atoms with van der Waals surface area (Å²) in [6.07, 6.45) is 4.68. The number of carbonyl (C=O) groups excluding carboxylic acids is 2. The van der Waals surface area contributed by atoms with E-state index in [4.69, 9.17) is 21.1 Å². The van der Waals surface area contributed by atoms with E-state index in [1.165, 1.54) is 6.08 Å². The van der Waals surface area contributed by atoms with Crippen LogP contribution in [0.2, 0.25) is 5.02 Å². The van der Waals surface area contributed by atoms with Crippen LogP contribution in [-0.2, 0) is 9.53 Å². The third-order valence-electron chi connectivity index (χ3n) is 7.05. The Morgan fingerprint density at radius 3 is 2.75 bits per heavy atom. The minimum Gasteiger partial charge on any atom is -0.858 e. The lowest BCUT2D eigenvalue weighted by atomic mass is 10.1. The molecule has 0 radical (unpaired) electrons. The first-order chi connectivity index (χ1) is 19.4. The Morgan fingerprint density at radius 2 is 2.00 bits per heavy atom. The molecule has 40 heavy (non-hydrogen) atoms. The van der Waals surface area contributed by atoms with E-state index < -0.39 is 12.0 Å². The molecule has 2 aliphatic heterocycles. The predicted molar refractivity (Wildman–Crippen MR) is 148 cm³/mol. The Labute approximate surface area is 236 Å². The first kappa shape index (κ1) is 27.6. The van der Waals surface area contributed by atoms with Gasteiger partial charge in [0.25, 0.3) is 0 Å². The summed E-state index contributed by atoms with van der Waals surface area (Å²) in [7, 11) is 0. The summed E-state index contributed by atoms with van der Waals surface area (Å²) in [4.78, 5) is 41.9. The van der Waals surface area contributed by atoms with E-state index in [1.54, 1.807) is 51.8 Å². The van der Waals surface area contributed by atoms with Crippen LogP contribution in [0.3, 0.4) is 0 Å². The van der Waals surface area contributed by atoms with Crippen LogP contribution in [0.25, 0.3) is 11.0 Å². The summed E-state index contributed by atoms with van der Waals surface area (Å²) in [5.41, 5.74) is 2.03. The highest BCUT2D eigenvalue weighted by Crippen LogP contribution is 2.39. The normalized spacial score (nSPS) is 18.4. The van der Waals surface area contributed by atoms with Crippen LogP contribution in [0.4, 0.5) is 10.7 Å². The summed E-state index contributed by atoms with van der Waals surface area (Å²) in [6.45, 7) is 8.09. The first-order valence-electron chi connectivity index (χ1n) is 13.2. The number of halogens is 1. The lowest BCUT2D eigenvalue weighted by Crippen LogP contribution is -2.42. The van der Waals surface area contributed by atoms with Gasteiger partial charge in [0.2, 0.25) is 11.9 Å². The van der Waals surface area contributed by atoms with Gasteiger partial charge in [-0.15, -0.1) is 0 Å². The topological polar surface area (TPSA) is 125 Å². The monoisotopic (exact) mass is 565 g/mol. The fraction of sp³-hybridized carbons (Fsp3) is 0.393. The molecule has 0 saturated carbocycles. The van der Waals surface area contributed by atoms with Crippen molar-refractivity contribution in [1.29, 1.82) is 0 Å². The molecule has 2 aliphatic rings. The highest BCUT2D eigenvalue weighted by Gasteiger charge is 2.28. The van der Waals surface area contributed by atoms with E-state index >= 15 is 0 Å². The van der Waals surface area contributed by atoms with Crippen molar-refractivity contribution in [2.24, 2.45) is 4.99 Å². The standard InChI is InChI=1S/C28H31ClN6O5/c1-3-23(36)34-11-5-4-6-20(17-34)35-25-21(31-27(35)32-26(37)19-9-10-30-18(2)16-19)7-8-22(24(25)29)40-28(38)33-12-14-39-15-13-33/h3,7-10,16,20H,1,4-6,11-15,17H2,2H3,(H,31,32,37)/p-1/t20-/m1/s1. The smallest absolute Gasteiger partial charge is 0.415 e. The maximum Gasteiger partial charge on any atom is 0.415 e. The van der Waals surface area contributed by atoms with Crippen LogP contribution in [0, 0.1) is 6.92 Å². The van der Waals surface area contributed by atoms with Crippen LogP contribution in [0.15, 0.2) is 48.1 Å². The Balaban J connectivity index is 1.60. The summed E-state index contributed by atoms with van der Waals surface area (Å²) in [5.74, 6) is -0.331. The number of imidazole rings is 1. The average molecular weight is 566 g/mol. The molecule has 12 heteroatoms. The fourth-order valence-corrected chi connectivity index (χ4v) is 5.31. The van der Waals surface area contributed by atoms with E-state index in [-0.39, 0.29) is 28.7 Å². The molecule has 4 heterocycles. The van der Waals surface area contributed by atoms with Gasteiger partial charge in [0.1, 0.15) is 5.02 Å². The number of pyridine rings is 1. The molecule has 5 rings (SSSR count). The van der Waals surface area contributed by atoms with Gasteiger partial charge >= 0.3 is 6.09 Å². The van der Waals surface area contributed by atoms with Gasteiger partial charge in [-0.05, 0) is 68.0 Å². The number of aryl methyl sites for hydroxylation is 1. The Bertz CT molecular complexity index is 1460. The number of aliphatic imine (C=N–C) groups is 1. The van der Waals surface area contributed by atoms with Crippen molar-refractivity contribution in [2.45, 2.75) is 32.2 Å². The maximum atomic E-state index is 13.2. The highest BCUT2D eigenvalue weighted by atomic mass is 35.5. The number of amides is 2. The molecule has 2 saturated heterocycles. The number of likely N-dealkylation sites (tertiary alicyclic amines) is 1. The molecule has 0 spiro atoms. The zero-order chi connectivity index (χ0) is 28.2. The molecule has 1 aromatic carbocycles. The largest absolute Gasteiger partial charge is 0.858 e. The van der Waals surface area contributed by atoms with Gasteiger partial charge < -0.3 is 28.9 Å². The number of carbonyl (C=O) groups is 2. The zero-order valence-electron chi connectivity index (χ0n) is 22.2. The fourth-order valence-electron chi connectivity index (χ4n) is 5.02. The van der Waals surface area contributed by atoms with Crippen molar-refractivity contribution in [1.82, 2.24) is 24.3 Å². The summed E-state index contributed by atoms with van der Waals surface area (Å²) < 4.78 is 12.8. The van der Waals surface area contributed by atoms with E-state index in [0.717, 1.165) is 12.8 Å². The molecular formula is C28H30ClN6O5-. The van der Waals surface area contributed by atoms with Gasteiger partial charge in [0.05, 0.1) is 30.3 Å². The number of hydrogen-bond donors (Lipinski definition) is 0. The zero-order valence-corrected chi connectivity index (χ0v) is 23.0. The predicted octanol–water partition coefficient (Wildman–Crippen LogP) is 3.40. The first-order valence-corrected chi connectivity index (χ1v) is 13.6. The van der Waals surface area contributed by atoms with Crippen LogP contribution in [-0.4, -0.2) is 81.6 Å². The average Bonchev–Trinajstić information content (AvgIpc) is 3.15. The van der Waals surface area contributed by atoms with Crippen LogP contribution in [0.5, 0.6) is 5.75 Å². The molecule has 2 amide bonds. The van der Waals surface area contributed by atoms with Crippen molar-refractivity contribution in [3.63, 3.8) is 0 Å². The second-order valence-electron chi connectivity index (χ2n) is 9.74. The third-order valence-corrected chi connectivity index (χ3v) is 7.41. The van der Waals surface area contributed by atoms with Gasteiger partial charge in [-0.25, -0.2) is 14.8 Å². The number of fused-ring (bicyclic) bond motifs is 1. The number of rotatable bonds is 5. The summed E-state index contributed by atoms with van der Waals surface area (Å²) in [6, 6.07) is 6.23. The Hall–Kier alpha value is -3.96. The lowest BCUT2D eigenvalue weighted by molar-refractivity contribution is -0.212. The van der Waals surface area contributed by atoms with Crippen LogP contribution >= 0.6 is 11.6 Å². The van der Waals surface area contributed by atoms with E-state index in [2.05, 4.69) is 21.5 Å². The SMILES string of the molecule is C=CC(=O)N1CCCC[C@@H](n2c(/N=C(\[O-])c3ccnc(C)c3)nc3ccc(OC(=O)N4CCOCC4)c(Cl)c32)C1. The molecule has 0 unspecified atom stereocenters. The van der Waals surface area contributed by atoms with E-state index in [0.29, 0.717) is 68.1 Å². The van der Waals surface area contributed by atoms with Crippen molar-refractivity contribution in [3.05, 3.63) is 59.4 Å². The van der Waals surface area contributed by atoms with E-state index in [9.17, 15) is 14.7 Å². The second-order valence-corrected chi connectivity index (χ2v) is 10.1. The van der Waals surface area contributed by atoms with Crippen LogP contribution < -0.4 is 9.84 Å². The molecule has 2 aromatic heterocycles. The molecule has 1 atom stereocenters. The molecule has 3 aromatic rings. The number of benzene rings is 1. The lowest BCUT2D eigenvalue weighted by Gasteiger charge is -2.27. The molecule has 0 N–H and O–H groups in total. The number of morpholine rings is 1.